The third-order valence-electron chi connectivity index (χ3n) is 3.76. The lowest BCUT2D eigenvalue weighted by Gasteiger charge is -2.33. The number of fused-ring (bicyclic) bond motifs is 1. The molecule has 3 rings (SSSR count). The van der Waals surface area contributed by atoms with Crippen LogP contribution in [0.5, 0.6) is 23.0 Å². The standard InChI is InChI=1S/C18H16O7/c19-9-16-18(11-3-4-12(20)13(21)8-11)25-14-5-1-10(2-6-17(22)23)7-15(14)24-16/h1-8,16,18-21H,9H2,(H,22,23)/b6-2+/t16-,18-/m1/s1. The fourth-order valence-corrected chi connectivity index (χ4v) is 2.56. The summed E-state index contributed by atoms with van der Waals surface area (Å²) in [6.45, 7) is -0.332. The van der Waals surface area contributed by atoms with Crippen molar-refractivity contribution in [2.45, 2.75) is 12.2 Å². The Hall–Kier alpha value is -3.19. The summed E-state index contributed by atoms with van der Waals surface area (Å²) in [5.74, 6) is -0.801. The van der Waals surface area contributed by atoms with Crippen molar-refractivity contribution < 1.29 is 34.7 Å². The number of benzene rings is 2. The van der Waals surface area contributed by atoms with Gasteiger partial charge in [0.1, 0.15) is 0 Å². The summed E-state index contributed by atoms with van der Waals surface area (Å²) in [5, 5.41) is 37.4. The number of aliphatic hydroxyl groups is 1. The van der Waals surface area contributed by atoms with Crippen molar-refractivity contribution in [3.8, 4) is 23.0 Å². The van der Waals surface area contributed by atoms with Gasteiger partial charge in [-0.3, -0.25) is 0 Å². The minimum atomic E-state index is -1.06. The third-order valence-corrected chi connectivity index (χ3v) is 3.76. The number of carboxylic acid groups (broad SMARTS) is 1. The summed E-state index contributed by atoms with van der Waals surface area (Å²) >= 11 is 0. The van der Waals surface area contributed by atoms with E-state index in [0.29, 0.717) is 22.6 Å². The summed E-state index contributed by atoms with van der Waals surface area (Å²) in [7, 11) is 0. The second kappa shape index (κ2) is 6.74. The molecule has 7 nitrogen and oxygen atoms in total. The average molecular weight is 344 g/mol. The summed E-state index contributed by atoms with van der Waals surface area (Å²) in [6.07, 6.45) is 1.03. The largest absolute Gasteiger partial charge is 0.504 e. The van der Waals surface area contributed by atoms with E-state index in [1.54, 1.807) is 24.3 Å². The van der Waals surface area contributed by atoms with Crippen LogP contribution in [0.2, 0.25) is 0 Å². The minimum Gasteiger partial charge on any atom is -0.504 e. The zero-order valence-electron chi connectivity index (χ0n) is 13.0. The quantitative estimate of drug-likeness (QED) is 0.495. The molecule has 0 aliphatic carbocycles. The maximum Gasteiger partial charge on any atom is 0.328 e. The number of aliphatic hydroxyl groups excluding tert-OH is 1. The molecule has 130 valence electrons. The van der Waals surface area contributed by atoms with Crippen molar-refractivity contribution in [3.63, 3.8) is 0 Å². The fraction of sp³-hybridized carbons (Fsp3) is 0.167. The van der Waals surface area contributed by atoms with E-state index in [2.05, 4.69) is 0 Å². The van der Waals surface area contributed by atoms with Crippen LogP contribution in [0, 0.1) is 0 Å². The van der Waals surface area contributed by atoms with E-state index in [9.17, 15) is 20.1 Å². The molecular formula is C18H16O7. The number of phenols is 2. The van der Waals surface area contributed by atoms with E-state index in [4.69, 9.17) is 14.6 Å². The highest BCUT2D eigenvalue weighted by molar-refractivity contribution is 5.85. The maximum absolute atomic E-state index is 10.6. The van der Waals surface area contributed by atoms with Crippen LogP contribution in [-0.2, 0) is 4.79 Å². The predicted molar refractivity (Wildman–Crippen MR) is 87.8 cm³/mol. The smallest absolute Gasteiger partial charge is 0.328 e. The number of ether oxygens (including phenoxy) is 2. The van der Waals surface area contributed by atoms with Crippen LogP contribution in [0.15, 0.2) is 42.5 Å². The third kappa shape index (κ3) is 3.51. The van der Waals surface area contributed by atoms with Crippen LogP contribution in [0.25, 0.3) is 6.08 Å². The van der Waals surface area contributed by atoms with Crippen LogP contribution >= 0.6 is 0 Å². The molecule has 1 aliphatic rings. The zero-order chi connectivity index (χ0) is 18.0. The Morgan fingerprint density at radius 2 is 1.84 bits per heavy atom. The van der Waals surface area contributed by atoms with Crippen molar-refractivity contribution in [2.75, 3.05) is 6.61 Å². The number of rotatable bonds is 4. The van der Waals surface area contributed by atoms with Crippen LogP contribution in [0.1, 0.15) is 17.2 Å². The van der Waals surface area contributed by atoms with E-state index < -0.39 is 18.2 Å². The first-order chi connectivity index (χ1) is 12.0. The molecule has 0 unspecified atom stereocenters. The van der Waals surface area contributed by atoms with Gasteiger partial charge < -0.3 is 29.9 Å². The molecule has 0 amide bonds. The van der Waals surface area contributed by atoms with Gasteiger partial charge in [-0.2, -0.15) is 0 Å². The molecule has 4 N–H and O–H groups in total. The molecule has 0 radical (unpaired) electrons. The van der Waals surface area contributed by atoms with Gasteiger partial charge in [-0.15, -0.1) is 0 Å². The predicted octanol–water partition coefficient (Wildman–Crippen LogP) is 2.07. The molecular weight excluding hydrogens is 328 g/mol. The van der Waals surface area contributed by atoms with E-state index in [1.165, 1.54) is 18.2 Å². The Kier molecular flexibility index (Phi) is 4.49. The lowest BCUT2D eigenvalue weighted by Crippen LogP contribution is -2.36. The average Bonchev–Trinajstić information content (AvgIpc) is 2.61. The summed E-state index contributed by atoms with van der Waals surface area (Å²) in [6, 6.07) is 9.17. The number of aliphatic carboxylic acids is 1. The Bertz CT molecular complexity index is 828. The molecule has 0 spiro atoms. The SMILES string of the molecule is O=C(O)/C=C/c1ccc2c(c1)O[C@H](CO)[C@@H](c1ccc(O)c(O)c1)O2. The van der Waals surface area contributed by atoms with Crippen molar-refractivity contribution >= 4 is 12.0 Å². The van der Waals surface area contributed by atoms with Gasteiger partial charge in [-0.05, 0) is 35.9 Å². The number of hydrogen-bond donors (Lipinski definition) is 4. The number of hydrogen-bond acceptors (Lipinski definition) is 6. The van der Waals surface area contributed by atoms with Crippen LogP contribution in [0.3, 0.4) is 0 Å². The van der Waals surface area contributed by atoms with E-state index in [1.807, 2.05) is 0 Å². The van der Waals surface area contributed by atoms with E-state index in [-0.39, 0.29) is 18.1 Å². The highest BCUT2D eigenvalue weighted by Crippen LogP contribution is 2.41. The molecule has 0 fully saturated rings. The molecule has 25 heavy (non-hydrogen) atoms. The van der Waals surface area contributed by atoms with E-state index >= 15 is 0 Å². The lowest BCUT2D eigenvalue weighted by molar-refractivity contribution is -0.131. The molecule has 2 aromatic rings. The summed E-state index contributed by atoms with van der Waals surface area (Å²) in [4.78, 5) is 10.6. The normalized spacial score (nSPS) is 19.1. The van der Waals surface area contributed by atoms with Gasteiger partial charge in [-0.25, -0.2) is 4.79 Å². The lowest BCUT2D eigenvalue weighted by atomic mass is 10.0. The molecule has 1 aliphatic heterocycles. The minimum absolute atomic E-state index is 0.253. The topological polar surface area (TPSA) is 116 Å². The summed E-state index contributed by atoms with van der Waals surface area (Å²) < 4.78 is 11.6. The number of aromatic hydroxyl groups is 2. The molecule has 7 heteroatoms. The molecule has 1 heterocycles. The van der Waals surface area contributed by atoms with Gasteiger partial charge in [0.25, 0.3) is 0 Å². The highest BCUT2D eigenvalue weighted by atomic mass is 16.6. The molecule has 0 saturated carbocycles. The van der Waals surface area contributed by atoms with Gasteiger partial charge in [-0.1, -0.05) is 12.1 Å². The molecule has 2 atom stereocenters. The van der Waals surface area contributed by atoms with Crippen LogP contribution < -0.4 is 9.47 Å². The first-order valence-corrected chi connectivity index (χ1v) is 7.49. The van der Waals surface area contributed by atoms with Gasteiger partial charge >= 0.3 is 5.97 Å². The summed E-state index contributed by atoms with van der Waals surface area (Å²) in [5.41, 5.74) is 1.15. The fourth-order valence-electron chi connectivity index (χ4n) is 2.56. The van der Waals surface area contributed by atoms with E-state index in [0.717, 1.165) is 6.08 Å². The molecule has 0 saturated heterocycles. The van der Waals surface area contributed by atoms with Crippen LogP contribution in [0.4, 0.5) is 0 Å². The van der Waals surface area contributed by atoms with Crippen molar-refractivity contribution in [2.24, 2.45) is 0 Å². The Labute approximate surface area is 143 Å². The first kappa shape index (κ1) is 16.7. The Balaban J connectivity index is 1.91. The number of phenolic OH excluding ortho intramolecular Hbond substituents is 2. The zero-order valence-corrected chi connectivity index (χ0v) is 13.0. The van der Waals surface area contributed by atoms with Gasteiger partial charge in [0.15, 0.2) is 35.2 Å². The van der Waals surface area contributed by atoms with Gasteiger partial charge in [0.05, 0.1) is 6.61 Å². The second-order valence-electron chi connectivity index (χ2n) is 5.50. The Morgan fingerprint density at radius 3 is 2.52 bits per heavy atom. The Morgan fingerprint density at radius 1 is 1.04 bits per heavy atom. The van der Waals surface area contributed by atoms with Crippen LogP contribution in [-0.4, -0.2) is 39.1 Å². The monoisotopic (exact) mass is 344 g/mol. The van der Waals surface area contributed by atoms with Crippen molar-refractivity contribution in [1.82, 2.24) is 0 Å². The second-order valence-corrected chi connectivity index (χ2v) is 5.50. The van der Waals surface area contributed by atoms with Gasteiger partial charge in [0.2, 0.25) is 0 Å². The molecule has 0 aromatic heterocycles. The van der Waals surface area contributed by atoms with Crippen molar-refractivity contribution in [3.05, 3.63) is 53.6 Å². The maximum atomic E-state index is 10.6. The highest BCUT2D eigenvalue weighted by Gasteiger charge is 2.33. The first-order valence-electron chi connectivity index (χ1n) is 7.49. The van der Waals surface area contributed by atoms with Crippen molar-refractivity contribution in [1.29, 1.82) is 0 Å². The van der Waals surface area contributed by atoms with Gasteiger partial charge in [0, 0.05) is 11.6 Å². The molecule has 2 aromatic carbocycles. The molecule has 0 bridgehead atoms. The number of carboxylic acids is 1. The number of carbonyl (C=O) groups is 1.